The molecule has 2 N–H and O–H groups in total. The number of rotatable bonds is 5. The van der Waals surface area contributed by atoms with E-state index in [0.29, 0.717) is 6.42 Å². The molecule has 1 unspecified atom stereocenters. The third-order valence-electron chi connectivity index (χ3n) is 3.07. The fourth-order valence-electron chi connectivity index (χ4n) is 2.48. The Morgan fingerprint density at radius 3 is 2.47 bits per heavy atom. The largest absolute Gasteiger partial charge is 0.358 e. The average molecular weight is 213 g/mol. The number of carbonyl (C=O) groups excluding carboxylic acids is 2. The molecular weight excluding hydrogens is 194 g/mol. The highest BCUT2D eigenvalue weighted by Crippen LogP contribution is 2.35. The van der Waals surface area contributed by atoms with E-state index in [1.165, 1.54) is 0 Å². The molecule has 0 bridgehead atoms. The Bertz CT molecular complexity index is 249. The molecular formula is C10H19N3O2. The Labute approximate surface area is 90.2 Å². The van der Waals surface area contributed by atoms with Crippen molar-refractivity contribution in [1.82, 2.24) is 15.5 Å². The first kappa shape index (κ1) is 12.1. The summed E-state index contributed by atoms with van der Waals surface area (Å²) in [6, 6.07) is -0.288. The van der Waals surface area contributed by atoms with Crippen molar-refractivity contribution in [2.75, 3.05) is 34.2 Å². The second-order valence-corrected chi connectivity index (χ2v) is 4.24. The summed E-state index contributed by atoms with van der Waals surface area (Å²) in [6.07, 6.45) is 1.33. The molecule has 0 saturated carbocycles. The van der Waals surface area contributed by atoms with Gasteiger partial charge in [0.25, 0.3) is 0 Å². The highest BCUT2D eigenvalue weighted by Gasteiger charge is 2.49. The highest BCUT2D eigenvalue weighted by atomic mass is 16.2. The average Bonchev–Trinajstić information content (AvgIpc) is 2.16. The first-order valence-corrected chi connectivity index (χ1v) is 5.10. The predicted octanol–water partition coefficient (Wildman–Crippen LogP) is -1.16. The molecule has 0 aromatic rings. The first-order valence-electron chi connectivity index (χ1n) is 5.10. The number of carbonyl (C=O) groups is 2. The molecule has 86 valence electrons. The zero-order valence-corrected chi connectivity index (χ0v) is 9.54. The Kier molecular flexibility index (Phi) is 3.82. The summed E-state index contributed by atoms with van der Waals surface area (Å²) in [5.74, 6) is -0.0487. The van der Waals surface area contributed by atoms with Gasteiger partial charge in [-0.15, -0.1) is 0 Å². The molecule has 1 rings (SSSR count). The Hall–Kier alpha value is -0.940. The molecule has 1 aliphatic heterocycles. The molecule has 0 aliphatic carbocycles. The lowest BCUT2D eigenvalue weighted by molar-refractivity contribution is -0.132. The monoisotopic (exact) mass is 213 g/mol. The van der Waals surface area contributed by atoms with E-state index in [-0.39, 0.29) is 17.4 Å². The van der Waals surface area contributed by atoms with E-state index in [0.717, 1.165) is 19.4 Å². The minimum atomic E-state index is -0.288. The van der Waals surface area contributed by atoms with Crippen LogP contribution in [0.25, 0.3) is 0 Å². The fraction of sp³-hybridized carbons (Fsp3) is 0.800. The molecule has 0 spiro atoms. The van der Waals surface area contributed by atoms with Crippen LogP contribution in [0.4, 0.5) is 0 Å². The standard InChI is InChI=1S/C10H19N3O2/c1-11-8(9(15)12-2)10(4-5-14)6-13(3)7-10/h5,8,11H,4,6-7H2,1-3H3,(H,12,15). The number of likely N-dealkylation sites (N-methyl/N-ethyl adjacent to an activating group) is 2. The van der Waals surface area contributed by atoms with Crippen LogP contribution >= 0.6 is 0 Å². The van der Waals surface area contributed by atoms with Gasteiger partial charge in [0.1, 0.15) is 6.29 Å². The molecule has 1 atom stereocenters. The van der Waals surface area contributed by atoms with Crippen molar-refractivity contribution in [3.8, 4) is 0 Å². The number of amides is 1. The van der Waals surface area contributed by atoms with E-state index in [1.54, 1.807) is 14.1 Å². The number of nitrogens with zero attached hydrogens (tertiary/aromatic N) is 1. The number of aldehydes is 1. The topological polar surface area (TPSA) is 61.4 Å². The van der Waals surface area contributed by atoms with E-state index in [9.17, 15) is 9.59 Å². The predicted molar refractivity (Wildman–Crippen MR) is 57.5 cm³/mol. The maximum Gasteiger partial charge on any atom is 0.237 e. The molecule has 1 heterocycles. The molecule has 0 radical (unpaired) electrons. The van der Waals surface area contributed by atoms with Gasteiger partial charge in [0.15, 0.2) is 0 Å². The van der Waals surface area contributed by atoms with Crippen molar-refractivity contribution in [2.45, 2.75) is 12.5 Å². The van der Waals surface area contributed by atoms with Gasteiger partial charge in [-0.1, -0.05) is 0 Å². The third kappa shape index (κ3) is 2.18. The summed E-state index contributed by atoms with van der Waals surface area (Å²) in [4.78, 5) is 24.4. The first-order chi connectivity index (χ1) is 7.09. The van der Waals surface area contributed by atoms with Crippen molar-refractivity contribution in [3.05, 3.63) is 0 Å². The normalized spacial score (nSPS) is 21.5. The third-order valence-corrected chi connectivity index (χ3v) is 3.07. The van der Waals surface area contributed by atoms with Crippen LogP contribution < -0.4 is 10.6 Å². The number of likely N-dealkylation sites (tertiary alicyclic amines) is 1. The van der Waals surface area contributed by atoms with Gasteiger partial charge in [-0.2, -0.15) is 0 Å². The van der Waals surface area contributed by atoms with Gasteiger partial charge in [-0.05, 0) is 14.1 Å². The van der Waals surface area contributed by atoms with Gasteiger partial charge in [0.2, 0.25) is 5.91 Å². The van der Waals surface area contributed by atoms with Gasteiger partial charge >= 0.3 is 0 Å². The molecule has 5 nitrogen and oxygen atoms in total. The number of hydrogen-bond acceptors (Lipinski definition) is 4. The summed E-state index contributed by atoms with van der Waals surface area (Å²) in [5.41, 5.74) is -0.231. The molecule has 5 heteroatoms. The summed E-state index contributed by atoms with van der Waals surface area (Å²) in [5, 5.41) is 5.63. The van der Waals surface area contributed by atoms with Crippen LogP contribution in [0.2, 0.25) is 0 Å². The summed E-state index contributed by atoms with van der Waals surface area (Å²) in [7, 11) is 5.36. The zero-order chi connectivity index (χ0) is 11.5. The van der Waals surface area contributed by atoms with E-state index in [4.69, 9.17) is 0 Å². The van der Waals surface area contributed by atoms with Crippen LogP contribution in [0.1, 0.15) is 6.42 Å². The minimum absolute atomic E-state index is 0.0487. The van der Waals surface area contributed by atoms with E-state index >= 15 is 0 Å². The molecule has 1 fully saturated rings. The Morgan fingerprint density at radius 2 is 2.13 bits per heavy atom. The molecule has 1 amide bonds. The van der Waals surface area contributed by atoms with Crippen molar-refractivity contribution in [3.63, 3.8) is 0 Å². The molecule has 15 heavy (non-hydrogen) atoms. The highest BCUT2D eigenvalue weighted by molar-refractivity contribution is 5.83. The van der Waals surface area contributed by atoms with Gasteiger partial charge in [0.05, 0.1) is 6.04 Å². The Morgan fingerprint density at radius 1 is 1.53 bits per heavy atom. The minimum Gasteiger partial charge on any atom is -0.358 e. The quantitative estimate of drug-likeness (QED) is 0.566. The molecule has 1 saturated heterocycles. The van der Waals surface area contributed by atoms with Crippen LogP contribution in [0, 0.1) is 5.41 Å². The lowest BCUT2D eigenvalue weighted by Gasteiger charge is -2.51. The summed E-state index contributed by atoms with van der Waals surface area (Å²) in [6.45, 7) is 1.56. The van der Waals surface area contributed by atoms with Crippen LogP contribution in [-0.4, -0.2) is 57.4 Å². The van der Waals surface area contributed by atoms with Gasteiger partial charge in [-0.3, -0.25) is 4.79 Å². The van der Waals surface area contributed by atoms with Crippen molar-refractivity contribution in [2.24, 2.45) is 5.41 Å². The number of nitrogens with one attached hydrogen (secondary N) is 2. The van der Waals surface area contributed by atoms with E-state index in [1.807, 2.05) is 7.05 Å². The smallest absolute Gasteiger partial charge is 0.237 e. The Balaban J connectivity index is 2.77. The van der Waals surface area contributed by atoms with Crippen LogP contribution in [0.3, 0.4) is 0 Å². The maximum atomic E-state index is 11.7. The molecule has 0 aromatic heterocycles. The number of hydrogen-bond donors (Lipinski definition) is 2. The second kappa shape index (κ2) is 4.72. The van der Waals surface area contributed by atoms with Crippen molar-refractivity contribution < 1.29 is 9.59 Å². The van der Waals surface area contributed by atoms with Crippen molar-refractivity contribution in [1.29, 1.82) is 0 Å². The van der Waals surface area contributed by atoms with Crippen LogP contribution in [-0.2, 0) is 9.59 Å². The van der Waals surface area contributed by atoms with Gasteiger partial charge in [0, 0.05) is 32.0 Å². The SMILES string of the molecule is CNC(=O)C(NC)C1(CC=O)CN(C)C1. The molecule has 1 aliphatic rings. The second-order valence-electron chi connectivity index (χ2n) is 4.24. The zero-order valence-electron chi connectivity index (χ0n) is 9.54. The lowest BCUT2D eigenvalue weighted by Crippen LogP contribution is -2.67. The summed E-state index contributed by atoms with van der Waals surface area (Å²) < 4.78 is 0. The summed E-state index contributed by atoms with van der Waals surface area (Å²) >= 11 is 0. The van der Waals surface area contributed by atoms with Gasteiger partial charge in [-0.25, -0.2) is 0 Å². The van der Waals surface area contributed by atoms with E-state index < -0.39 is 0 Å². The van der Waals surface area contributed by atoms with Crippen LogP contribution in [0.5, 0.6) is 0 Å². The molecule has 0 aromatic carbocycles. The maximum absolute atomic E-state index is 11.7. The lowest BCUT2D eigenvalue weighted by atomic mass is 9.71. The fourth-order valence-corrected chi connectivity index (χ4v) is 2.48. The van der Waals surface area contributed by atoms with Crippen LogP contribution in [0.15, 0.2) is 0 Å². The van der Waals surface area contributed by atoms with Gasteiger partial charge < -0.3 is 20.3 Å². The van der Waals surface area contributed by atoms with E-state index in [2.05, 4.69) is 15.5 Å². The van der Waals surface area contributed by atoms with Crippen molar-refractivity contribution >= 4 is 12.2 Å².